The summed E-state index contributed by atoms with van der Waals surface area (Å²) in [5.74, 6) is -2.70. The first-order valence-electron chi connectivity index (χ1n) is 4.52. The minimum absolute atomic E-state index is 0.485. The number of rotatable bonds is 1. The number of hydrogen-bond donors (Lipinski definition) is 0. The number of amides is 2. The minimum atomic E-state index is -0.677. The van der Waals surface area contributed by atoms with Gasteiger partial charge in [0, 0.05) is 6.92 Å². The molecule has 0 saturated carbocycles. The van der Waals surface area contributed by atoms with E-state index < -0.39 is 29.6 Å². The zero-order chi connectivity index (χ0) is 11.0. The van der Waals surface area contributed by atoms with Gasteiger partial charge in [-0.3, -0.25) is 9.59 Å². The zero-order valence-electron chi connectivity index (χ0n) is 8.04. The van der Waals surface area contributed by atoms with Crippen molar-refractivity contribution in [3.63, 3.8) is 0 Å². The Morgan fingerprint density at radius 1 is 1.20 bits per heavy atom. The normalized spacial score (nSPS) is 28.2. The molecule has 1 aliphatic heterocycles. The van der Waals surface area contributed by atoms with Gasteiger partial charge in [-0.1, -0.05) is 24.3 Å². The highest BCUT2D eigenvalue weighted by atomic mass is 16.7. The molecule has 0 aromatic heterocycles. The number of carbonyl (C=O) groups is 3. The van der Waals surface area contributed by atoms with E-state index in [0.29, 0.717) is 5.06 Å². The number of nitrogens with zero attached hydrogens (tertiary/aromatic N) is 1. The van der Waals surface area contributed by atoms with Crippen LogP contribution in [0.25, 0.3) is 0 Å². The van der Waals surface area contributed by atoms with Crippen LogP contribution >= 0.6 is 0 Å². The number of carbonyl (C=O) groups excluding carboxylic acids is 3. The van der Waals surface area contributed by atoms with Crippen LogP contribution in [0, 0.1) is 11.8 Å². The van der Waals surface area contributed by atoms with Crippen molar-refractivity contribution in [3.05, 3.63) is 24.3 Å². The molecule has 1 heterocycles. The molecule has 0 N–H and O–H groups in total. The predicted octanol–water partition coefficient (Wildman–Crippen LogP) is 0.192. The van der Waals surface area contributed by atoms with E-state index in [4.69, 9.17) is 0 Å². The predicted molar refractivity (Wildman–Crippen MR) is 48.9 cm³/mol. The average Bonchev–Trinajstić information content (AvgIpc) is 2.44. The van der Waals surface area contributed by atoms with Crippen molar-refractivity contribution in [1.82, 2.24) is 5.06 Å². The lowest BCUT2D eigenvalue weighted by Crippen LogP contribution is -2.32. The molecular weight excluding hydrogens is 198 g/mol. The number of fused-ring (bicyclic) bond motifs is 1. The van der Waals surface area contributed by atoms with Crippen LogP contribution in [0.5, 0.6) is 0 Å². The van der Waals surface area contributed by atoms with Crippen molar-refractivity contribution in [2.45, 2.75) is 6.92 Å². The number of hydroxylamine groups is 2. The van der Waals surface area contributed by atoms with Gasteiger partial charge in [0.15, 0.2) is 0 Å². The second-order valence-electron chi connectivity index (χ2n) is 3.38. The van der Waals surface area contributed by atoms with Crippen molar-refractivity contribution in [2.75, 3.05) is 0 Å². The summed E-state index contributed by atoms with van der Waals surface area (Å²) in [6.07, 6.45) is 6.66. The summed E-state index contributed by atoms with van der Waals surface area (Å²) >= 11 is 0. The van der Waals surface area contributed by atoms with Gasteiger partial charge in [0.05, 0.1) is 11.8 Å². The van der Waals surface area contributed by atoms with Gasteiger partial charge >= 0.3 is 5.97 Å². The van der Waals surface area contributed by atoms with Gasteiger partial charge < -0.3 is 4.84 Å². The van der Waals surface area contributed by atoms with E-state index in [9.17, 15) is 14.4 Å². The first-order valence-corrected chi connectivity index (χ1v) is 4.52. The third-order valence-electron chi connectivity index (χ3n) is 2.33. The molecule has 5 heteroatoms. The van der Waals surface area contributed by atoms with Crippen molar-refractivity contribution in [3.8, 4) is 0 Å². The highest BCUT2D eigenvalue weighted by molar-refractivity contribution is 6.06. The summed E-state index contributed by atoms with van der Waals surface area (Å²) in [6.45, 7) is 1.15. The lowest BCUT2D eigenvalue weighted by molar-refractivity contribution is -0.196. The largest absolute Gasteiger partial charge is 0.331 e. The third-order valence-corrected chi connectivity index (χ3v) is 2.33. The maximum atomic E-state index is 11.6. The van der Waals surface area contributed by atoms with Crippen molar-refractivity contribution in [2.24, 2.45) is 11.8 Å². The van der Waals surface area contributed by atoms with Crippen LogP contribution in [0.3, 0.4) is 0 Å². The van der Waals surface area contributed by atoms with Gasteiger partial charge in [-0.05, 0) is 0 Å². The summed E-state index contributed by atoms with van der Waals surface area (Å²) in [4.78, 5) is 38.5. The average molecular weight is 207 g/mol. The molecule has 2 unspecified atom stereocenters. The maximum absolute atomic E-state index is 11.6. The fourth-order valence-electron chi connectivity index (χ4n) is 1.68. The van der Waals surface area contributed by atoms with Gasteiger partial charge in [0.1, 0.15) is 0 Å². The smallest absolute Gasteiger partial charge is 0.330 e. The Balaban J connectivity index is 2.26. The Kier molecular flexibility index (Phi) is 2.15. The molecule has 0 aromatic carbocycles. The van der Waals surface area contributed by atoms with Crippen molar-refractivity contribution >= 4 is 17.8 Å². The van der Waals surface area contributed by atoms with Crippen LogP contribution in [0.15, 0.2) is 24.3 Å². The molecule has 0 bridgehead atoms. The van der Waals surface area contributed by atoms with Gasteiger partial charge in [0.2, 0.25) is 0 Å². The van der Waals surface area contributed by atoms with Gasteiger partial charge in [-0.15, -0.1) is 5.06 Å². The van der Waals surface area contributed by atoms with E-state index >= 15 is 0 Å². The number of imide groups is 1. The Morgan fingerprint density at radius 3 is 2.07 bits per heavy atom. The quantitative estimate of drug-likeness (QED) is 0.576. The molecule has 15 heavy (non-hydrogen) atoms. The highest BCUT2D eigenvalue weighted by Gasteiger charge is 2.47. The molecule has 2 atom stereocenters. The highest BCUT2D eigenvalue weighted by Crippen LogP contribution is 2.30. The minimum Gasteiger partial charge on any atom is -0.331 e. The standard InChI is InChI=1S/C10H9NO4/c1-6(12)15-11-9(13)7-4-2-3-5-8(7)10(11)14/h2-5,7-8H,1H3. The van der Waals surface area contributed by atoms with E-state index in [1.165, 1.54) is 0 Å². The maximum Gasteiger partial charge on any atom is 0.330 e. The summed E-state index contributed by atoms with van der Waals surface area (Å²) in [7, 11) is 0. The molecule has 5 nitrogen and oxygen atoms in total. The van der Waals surface area contributed by atoms with Gasteiger partial charge in [-0.25, -0.2) is 4.79 Å². The zero-order valence-corrected chi connectivity index (χ0v) is 8.04. The van der Waals surface area contributed by atoms with Gasteiger partial charge in [0.25, 0.3) is 11.8 Å². The fourth-order valence-corrected chi connectivity index (χ4v) is 1.68. The van der Waals surface area contributed by atoms with Gasteiger partial charge in [-0.2, -0.15) is 0 Å². The second kappa shape index (κ2) is 3.34. The molecule has 1 fully saturated rings. The molecule has 0 radical (unpaired) electrons. The van der Waals surface area contributed by atoms with Crippen molar-refractivity contribution < 1.29 is 19.2 Å². The molecule has 1 aliphatic carbocycles. The van der Waals surface area contributed by atoms with Crippen LogP contribution in [0.4, 0.5) is 0 Å². The first kappa shape index (κ1) is 9.64. The Labute approximate surface area is 85.9 Å². The number of hydrogen-bond acceptors (Lipinski definition) is 4. The molecule has 1 saturated heterocycles. The van der Waals surface area contributed by atoms with Crippen LogP contribution in [-0.4, -0.2) is 22.8 Å². The molecule has 2 amide bonds. The number of allylic oxidation sites excluding steroid dienone is 2. The SMILES string of the molecule is CC(=O)ON1C(=O)C2C=CC=CC2C1=O. The second-order valence-corrected chi connectivity index (χ2v) is 3.38. The Morgan fingerprint density at radius 2 is 1.67 bits per heavy atom. The van der Waals surface area contributed by atoms with Crippen molar-refractivity contribution in [1.29, 1.82) is 0 Å². The summed E-state index contributed by atoms with van der Waals surface area (Å²) < 4.78 is 0. The van der Waals surface area contributed by atoms with Crippen LogP contribution in [0.2, 0.25) is 0 Å². The monoisotopic (exact) mass is 207 g/mol. The topological polar surface area (TPSA) is 63.7 Å². The summed E-state index contributed by atoms with van der Waals surface area (Å²) in [5, 5.41) is 0.553. The first-order chi connectivity index (χ1) is 7.11. The van der Waals surface area contributed by atoms with E-state index in [1.54, 1.807) is 24.3 Å². The molecule has 0 aromatic rings. The van der Waals surface area contributed by atoms with E-state index in [-0.39, 0.29) is 0 Å². The Bertz CT molecular complexity index is 366. The lowest BCUT2D eigenvalue weighted by atomic mass is 9.91. The van der Waals surface area contributed by atoms with E-state index in [1.807, 2.05) is 0 Å². The van der Waals surface area contributed by atoms with E-state index in [2.05, 4.69) is 4.84 Å². The van der Waals surface area contributed by atoms with Crippen LogP contribution in [0.1, 0.15) is 6.92 Å². The molecule has 0 spiro atoms. The molecular formula is C10H9NO4. The molecule has 2 rings (SSSR count). The fraction of sp³-hybridized carbons (Fsp3) is 0.300. The third kappa shape index (κ3) is 1.45. The van der Waals surface area contributed by atoms with Crippen LogP contribution in [-0.2, 0) is 19.2 Å². The van der Waals surface area contributed by atoms with Crippen LogP contribution < -0.4 is 0 Å². The molecule has 2 aliphatic rings. The molecule has 78 valence electrons. The summed E-state index contributed by atoms with van der Waals surface area (Å²) in [5.41, 5.74) is 0. The van der Waals surface area contributed by atoms with E-state index in [0.717, 1.165) is 6.92 Å². The Hall–Kier alpha value is -1.91. The summed E-state index contributed by atoms with van der Waals surface area (Å²) in [6, 6.07) is 0. The lowest BCUT2D eigenvalue weighted by Gasteiger charge is -2.10.